The van der Waals surface area contributed by atoms with E-state index in [0.29, 0.717) is 0 Å². The maximum atomic E-state index is 9.60. The zero-order valence-electron chi connectivity index (χ0n) is 11.8. The lowest BCUT2D eigenvalue weighted by molar-refractivity contribution is -0.133. The van der Waals surface area contributed by atoms with E-state index in [1.165, 1.54) is 13.8 Å². The molecule has 0 bridgehead atoms. The molecule has 0 aromatic rings. The number of methoxy groups -OCH3 is 1. The van der Waals surface area contributed by atoms with Gasteiger partial charge in [-0.05, 0) is 13.8 Å². The second-order valence-corrected chi connectivity index (χ2v) is 3.03. The van der Waals surface area contributed by atoms with Gasteiger partial charge in [-0.1, -0.05) is 13.2 Å². The SMILES string of the molecule is C=C(C)C(=O)O.C=C(C)C(=O)O.COC.OCCO. The summed E-state index contributed by atoms with van der Waals surface area (Å²) in [7, 11) is 3.25. The summed E-state index contributed by atoms with van der Waals surface area (Å²) in [6, 6.07) is 0. The molecule has 7 heteroatoms. The third-order valence-electron chi connectivity index (χ3n) is 0.830. The highest BCUT2D eigenvalue weighted by Crippen LogP contribution is 1.81. The van der Waals surface area contributed by atoms with Crippen molar-refractivity contribution in [1.82, 2.24) is 0 Å². The second-order valence-electron chi connectivity index (χ2n) is 3.03. The fraction of sp³-hybridized carbons (Fsp3) is 0.500. The first-order chi connectivity index (χ1) is 8.61. The van der Waals surface area contributed by atoms with E-state index in [9.17, 15) is 9.59 Å². The van der Waals surface area contributed by atoms with Gasteiger partial charge in [0.05, 0.1) is 13.2 Å². The molecule has 4 N–H and O–H groups in total. The highest BCUT2D eigenvalue weighted by atomic mass is 16.4. The molecule has 0 amide bonds. The Morgan fingerprint density at radius 3 is 1.00 bits per heavy atom. The van der Waals surface area contributed by atoms with Crippen LogP contribution in [0.3, 0.4) is 0 Å². The summed E-state index contributed by atoms with van der Waals surface area (Å²) in [5.74, 6) is -1.87. The molecule has 7 nitrogen and oxygen atoms in total. The van der Waals surface area contributed by atoms with E-state index in [1.54, 1.807) is 14.2 Å². The van der Waals surface area contributed by atoms with Crippen molar-refractivity contribution in [1.29, 1.82) is 0 Å². The van der Waals surface area contributed by atoms with Gasteiger partial charge < -0.3 is 25.2 Å². The second kappa shape index (κ2) is 21.6. The molecular weight excluding hydrogens is 256 g/mol. The number of rotatable bonds is 3. The molecule has 0 aliphatic rings. The first-order valence-corrected chi connectivity index (χ1v) is 5.01. The third kappa shape index (κ3) is 62.5. The molecule has 0 spiro atoms. The molecular formula is C12H24O7. The van der Waals surface area contributed by atoms with Crippen molar-refractivity contribution < 1.29 is 34.8 Å². The standard InChI is InChI=1S/2C4H6O2.C2H6O2.C2H6O/c2*1-3(2)4(5)6;3-1-2-4;1-3-2/h2*1H2,2H3,(H,5,6);3-4H,1-2H2;1-2H3. The van der Waals surface area contributed by atoms with Crippen molar-refractivity contribution in [3.8, 4) is 0 Å². The number of hydrogen-bond acceptors (Lipinski definition) is 5. The van der Waals surface area contributed by atoms with Gasteiger partial charge in [-0.15, -0.1) is 0 Å². The summed E-state index contributed by atoms with van der Waals surface area (Å²) in [5, 5.41) is 31.0. The Kier molecular flexibility index (Phi) is 29.5. The van der Waals surface area contributed by atoms with E-state index >= 15 is 0 Å². The van der Waals surface area contributed by atoms with Crippen LogP contribution in [-0.4, -0.2) is 59.8 Å². The van der Waals surface area contributed by atoms with Crippen LogP contribution >= 0.6 is 0 Å². The molecule has 0 rings (SSSR count). The van der Waals surface area contributed by atoms with Gasteiger partial charge in [-0.25, -0.2) is 9.59 Å². The number of carbonyl (C=O) groups is 2. The van der Waals surface area contributed by atoms with Crippen LogP contribution in [0.2, 0.25) is 0 Å². The average Bonchev–Trinajstić information content (AvgIpc) is 2.30. The monoisotopic (exact) mass is 280 g/mol. The van der Waals surface area contributed by atoms with Crippen LogP contribution in [0.5, 0.6) is 0 Å². The molecule has 0 unspecified atom stereocenters. The zero-order chi connectivity index (χ0) is 16.4. The number of aliphatic hydroxyl groups excluding tert-OH is 2. The molecule has 0 radical (unpaired) electrons. The summed E-state index contributed by atoms with van der Waals surface area (Å²) in [4.78, 5) is 19.2. The lowest BCUT2D eigenvalue weighted by Gasteiger charge is -1.79. The number of aliphatic carboxylic acids is 2. The largest absolute Gasteiger partial charge is 0.478 e. The topological polar surface area (TPSA) is 124 Å². The van der Waals surface area contributed by atoms with Crippen LogP contribution in [0.25, 0.3) is 0 Å². The van der Waals surface area contributed by atoms with Gasteiger partial charge in [0.25, 0.3) is 0 Å². The molecule has 0 aromatic carbocycles. The van der Waals surface area contributed by atoms with Crippen molar-refractivity contribution >= 4 is 11.9 Å². The van der Waals surface area contributed by atoms with Crippen molar-refractivity contribution in [2.75, 3.05) is 27.4 Å². The van der Waals surface area contributed by atoms with Crippen LogP contribution in [0.4, 0.5) is 0 Å². The van der Waals surface area contributed by atoms with E-state index < -0.39 is 11.9 Å². The minimum absolute atomic E-state index is 0.125. The molecule has 19 heavy (non-hydrogen) atoms. The molecule has 0 aliphatic heterocycles. The maximum absolute atomic E-state index is 9.60. The van der Waals surface area contributed by atoms with E-state index in [1.807, 2.05) is 0 Å². The van der Waals surface area contributed by atoms with Crippen LogP contribution in [0.15, 0.2) is 24.3 Å². The summed E-state index contributed by atoms with van der Waals surface area (Å²) in [6.45, 7) is 8.95. The molecule has 0 heterocycles. The van der Waals surface area contributed by atoms with Gasteiger partial charge in [0, 0.05) is 25.4 Å². The summed E-state index contributed by atoms with van der Waals surface area (Å²) < 4.78 is 4.25. The molecule has 0 atom stereocenters. The van der Waals surface area contributed by atoms with Crippen molar-refractivity contribution in [3.63, 3.8) is 0 Å². The van der Waals surface area contributed by atoms with Crippen LogP contribution < -0.4 is 0 Å². The van der Waals surface area contributed by atoms with Crippen LogP contribution in [0.1, 0.15) is 13.8 Å². The van der Waals surface area contributed by atoms with E-state index in [-0.39, 0.29) is 24.4 Å². The number of carboxylic acid groups (broad SMARTS) is 2. The highest BCUT2D eigenvalue weighted by molar-refractivity contribution is 5.85. The molecule has 0 saturated carbocycles. The number of ether oxygens (including phenoxy) is 1. The predicted octanol–water partition coefficient (Wildman–Crippen LogP) is 0.528. The smallest absolute Gasteiger partial charge is 0.330 e. The van der Waals surface area contributed by atoms with Gasteiger partial charge in [-0.3, -0.25) is 0 Å². The summed E-state index contributed by atoms with van der Waals surface area (Å²) in [6.07, 6.45) is 0. The Labute approximate surface area is 113 Å². The van der Waals surface area contributed by atoms with Gasteiger partial charge in [0.15, 0.2) is 0 Å². The Hall–Kier alpha value is -1.70. The number of aliphatic hydroxyl groups is 2. The lowest BCUT2D eigenvalue weighted by Crippen LogP contribution is -1.92. The highest BCUT2D eigenvalue weighted by Gasteiger charge is 1.90. The fourth-order valence-electron chi connectivity index (χ4n) is 0. The van der Waals surface area contributed by atoms with Crippen molar-refractivity contribution in [2.24, 2.45) is 0 Å². The Balaban J connectivity index is -0.0000000821. The van der Waals surface area contributed by atoms with Crippen LogP contribution in [0, 0.1) is 0 Å². The number of carboxylic acids is 2. The molecule has 0 aliphatic carbocycles. The molecule has 0 fully saturated rings. The molecule has 0 aromatic heterocycles. The van der Waals surface area contributed by atoms with E-state index in [0.717, 1.165) is 0 Å². The Morgan fingerprint density at radius 1 is 0.895 bits per heavy atom. The predicted molar refractivity (Wildman–Crippen MR) is 72.0 cm³/mol. The lowest BCUT2D eigenvalue weighted by atomic mass is 10.4. The fourth-order valence-corrected chi connectivity index (χ4v) is 0. The van der Waals surface area contributed by atoms with E-state index in [2.05, 4.69) is 17.9 Å². The maximum Gasteiger partial charge on any atom is 0.330 e. The zero-order valence-corrected chi connectivity index (χ0v) is 11.8. The Morgan fingerprint density at radius 2 is 1.00 bits per heavy atom. The summed E-state index contributed by atoms with van der Waals surface area (Å²) >= 11 is 0. The summed E-state index contributed by atoms with van der Waals surface area (Å²) in [5.41, 5.74) is 0.352. The third-order valence-corrected chi connectivity index (χ3v) is 0.830. The minimum Gasteiger partial charge on any atom is -0.478 e. The van der Waals surface area contributed by atoms with Gasteiger partial charge >= 0.3 is 11.9 Å². The van der Waals surface area contributed by atoms with Crippen molar-refractivity contribution in [2.45, 2.75) is 13.8 Å². The van der Waals surface area contributed by atoms with Crippen LogP contribution in [-0.2, 0) is 14.3 Å². The molecule has 114 valence electrons. The quantitative estimate of drug-likeness (QED) is 0.556. The van der Waals surface area contributed by atoms with Crippen molar-refractivity contribution in [3.05, 3.63) is 24.3 Å². The number of hydrogen-bond donors (Lipinski definition) is 4. The normalized spacial score (nSPS) is 7.26. The van der Waals surface area contributed by atoms with Gasteiger partial charge in [0.2, 0.25) is 0 Å². The van der Waals surface area contributed by atoms with Gasteiger partial charge in [0.1, 0.15) is 0 Å². The molecule has 0 saturated heterocycles. The first-order valence-electron chi connectivity index (χ1n) is 5.01. The Bertz CT molecular complexity index is 209. The average molecular weight is 280 g/mol. The van der Waals surface area contributed by atoms with Gasteiger partial charge in [-0.2, -0.15) is 0 Å². The van der Waals surface area contributed by atoms with E-state index in [4.69, 9.17) is 20.4 Å². The minimum atomic E-state index is -0.935. The first kappa shape index (κ1) is 26.0.